The Morgan fingerprint density at radius 3 is 2.80 bits per heavy atom. The average molecular weight is 214 g/mol. The van der Waals surface area contributed by atoms with Crippen LogP contribution in [0, 0.1) is 0 Å². The van der Waals surface area contributed by atoms with Crippen molar-refractivity contribution in [1.82, 2.24) is 4.90 Å². The minimum atomic E-state index is -0.930. The normalized spacial score (nSPS) is 27.3. The molecule has 0 bridgehead atoms. The molecule has 1 N–H and O–H groups in total. The summed E-state index contributed by atoms with van der Waals surface area (Å²) in [5, 5.41) is 8.82. The van der Waals surface area contributed by atoms with E-state index in [1.54, 1.807) is 0 Å². The topological polar surface area (TPSA) is 71.4 Å². The van der Waals surface area contributed by atoms with Crippen molar-refractivity contribution in [2.45, 2.75) is 6.04 Å². The molecule has 1 saturated heterocycles. The molecule has 2 aliphatic rings. The second-order valence-electron chi connectivity index (χ2n) is 3.51. The molecular formula is C9H14N2O4. The van der Waals surface area contributed by atoms with Crippen LogP contribution in [-0.4, -0.2) is 67.4 Å². The molecule has 0 aliphatic carbocycles. The molecule has 0 aromatic rings. The predicted molar refractivity (Wildman–Crippen MR) is 52.1 cm³/mol. The molecule has 15 heavy (non-hydrogen) atoms. The molecule has 0 spiro atoms. The second kappa shape index (κ2) is 4.59. The maximum atomic E-state index is 10.8. The Labute approximate surface area is 87.5 Å². The van der Waals surface area contributed by atoms with E-state index < -0.39 is 12.0 Å². The molecule has 0 aromatic carbocycles. The van der Waals surface area contributed by atoms with Gasteiger partial charge in [0.15, 0.2) is 6.04 Å². The second-order valence-corrected chi connectivity index (χ2v) is 3.51. The lowest BCUT2D eigenvalue weighted by atomic mass is 10.3. The maximum Gasteiger partial charge on any atom is 0.330 e. The SMILES string of the molecule is O=C(O)C1COCC(N2CCOCC2)=N1. The number of rotatable bonds is 1. The Kier molecular flexibility index (Phi) is 3.17. The van der Waals surface area contributed by atoms with Gasteiger partial charge in [0.1, 0.15) is 12.4 Å². The number of amidine groups is 1. The standard InChI is InChI=1S/C9H14N2O4/c12-9(13)7-5-15-6-8(10-7)11-1-3-14-4-2-11/h7H,1-6H2,(H,12,13). The summed E-state index contributed by atoms with van der Waals surface area (Å²) in [4.78, 5) is 16.9. The number of aliphatic imine (C=N–C) groups is 1. The van der Waals surface area contributed by atoms with E-state index in [0.717, 1.165) is 18.9 Å². The van der Waals surface area contributed by atoms with Crippen LogP contribution in [0.25, 0.3) is 0 Å². The third-order valence-corrected chi connectivity index (χ3v) is 2.47. The van der Waals surface area contributed by atoms with Crippen molar-refractivity contribution < 1.29 is 19.4 Å². The molecule has 6 heteroatoms. The first-order valence-electron chi connectivity index (χ1n) is 4.97. The molecule has 2 rings (SSSR count). The first-order chi connectivity index (χ1) is 7.27. The number of aliphatic carboxylic acids is 1. The Morgan fingerprint density at radius 1 is 1.40 bits per heavy atom. The number of ether oxygens (including phenoxy) is 2. The molecule has 2 heterocycles. The number of hydrogen-bond acceptors (Lipinski definition) is 5. The summed E-state index contributed by atoms with van der Waals surface area (Å²) >= 11 is 0. The van der Waals surface area contributed by atoms with E-state index >= 15 is 0 Å². The largest absolute Gasteiger partial charge is 0.480 e. The first-order valence-corrected chi connectivity index (χ1v) is 4.97. The Balaban J connectivity index is 2.03. The van der Waals surface area contributed by atoms with Crippen LogP contribution in [0.2, 0.25) is 0 Å². The van der Waals surface area contributed by atoms with Gasteiger partial charge in [0, 0.05) is 13.1 Å². The lowest BCUT2D eigenvalue weighted by molar-refractivity contribution is -0.140. The van der Waals surface area contributed by atoms with E-state index in [4.69, 9.17) is 14.6 Å². The fourth-order valence-electron chi connectivity index (χ4n) is 1.64. The average Bonchev–Trinajstić information content (AvgIpc) is 2.30. The quantitative estimate of drug-likeness (QED) is 0.618. The highest BCUT2D eigenvalue weighted by Gasteiger charge is 2.25. The van der Waals surface area contributed by atoms with Crippen molar-refractivity contribution in [2.24, 2.45) is 4.99 Å². The fourth-order valence-corrected chi connectivity index (χ4v) is 1.64. The molecule has 6 nitrogen and oxygen atoms in total. The van der Waals surface area contributed by atoms with E-state index in [1.165, 1.54) is 0 Å². The predicted octanol–water partition coefficient (Wildman–Crippen LogP) is -0.799. The molecule has 84 valence electrons. The molecule has 0 saturated carbocycles. The number of nitrogens with zero attached hydrogens (tertiary/aromatic N) is 2. The first kappa shape index (κ1) is 10.4. The van der Waals surface area contributed by atoms with Crippen molar-refractivity contribution in [2.75, 3.05) is 39.5 Å². The molecular weight excluding hydrogens is 200 g/mol. The molecule has 1 atom stereocenters. The minimum Gasteiger partial charge on any atom is -0.480 e. The van der Waals surface area contributed by atoms with Gasteiger partial charge in [-0.05, 0) is 0 Å². The van der Waals surface area contributed by atoms with Crippen LogP contribution in [0.3, 0.4) is 0 Å². The van der Waals surface area contributed by atoms with Gasteiger partial charge < -0.3 is 19.5 Å². The van der Waals surface area contributed by atoms with E-state index in [-0.39, 0.29) is 6.61 Å². The summed E-state index contributed by atoms with van der Waals surface area (Å²) in [6.07, 6.45) is 0. The lowest BCUT2D eigenvalue weighted by Gasteiger charge is -2.32. The van der Waals surface area contributed by atoms with Gasteiger partial charge in [0.05, 0.1) is 19.8 Å². The van der Waals surface area contributed by atoms with E-state index in [2.05, 4.69) is 4.99 Å². The van der Waals surface area contributed by atoms with Gasteiger partial charge in [-0.15, -0.1) is 0 Å². The van der Waals surface area contributed by atoms with Crippen molar-refractivity contribution in [3.8, 4) is 0 Å². The number of morpholine rings is 1. The van der Waals surface area contributed by atoms with Gasteiger partial charge in [-0.1, -0.05) is 0 Å². The van der Waals surface area contributed by atoms with Crippen LogP contribution < -0.4 is 0 Å². The summed E-state index contributed by atoms with van der Waals surface area (Å²) in [5.41, 5.74) is 0. The summed E-state index contributed by atoms with van der Waals surface area (Å²) in [5.74, 6) is -0.197. The summed E-state index contributed by atoms with van der Waals surface area (Å²) in [7, 11) is 0. The zero-order valence-electron chi connectivity index (χ0n) is 8.39. The van der Waals surface area contributed by atoms with Gasteiger partial charge in [0.2, 0.25) is 0 Å². The number of carboxylic acids is 1. The summed E-state index contributed by atoms with van der Waals surface area (Å²) in [6, 6.07) is -0.753. The minimum absolute atomic E-state index is 0.170. The van der Waals surface area contributed by atoms with Crippen LogP contribution in [0.5, 0.6) is 0 Å². The Hall–Kier alpha value is -1.14. The van der Waals surface area contributed by atoms with Crippen molar-refractivity contribution >= 4 is 11.8 Å². The van der Waals surface area contributed by atoms with Crippen LogP contribution in [-0.2, 0) is 14.3 Å². The summed E-state index contributed by atoms with van der Waals surface area (Å²) in [6.45, 7) is 3.42. The molecule has 1 unspecified atom stereocenters. The van der Waals surface area contributed by atoms with Gasteiger partial charge in [0.25, 0.3) is 0 Å². The van der Waals surface area contributed by atoms with Crippen LogP contribution in [0.1, 0.15) is 0 Å². The number of hydrogen-bond donors (Lipinski definition) is 1. The molecule has 0 aromatic heterocycles. The van der Waals surface area contributed by atoms with Crippen molar-refractivity contribution in [3.63, 3.8) is 0 Å². The highest BCUT2D eigenvalue weighted by molar-refractivity contribution is 5.87. The smallest absolute Gasteiger partial charge is 0.330 e. The zero-order chi connectivity index (χ0) is 10.7. The monoisotopic (exact) mass is 214 g/mol. The van der Waals surface area contributed by atoms with Crippen LogP contribution in [0.15, 0.2) is 4.99 Å². The fraction of sp³-hybridized carbons (Fsp3) is 0.778. The number of carbonyl (C=O) groups is 1. The highest BCUT2D eigenvalue weighted by Crippen LogP contribution is 2.07. The van der Waals surface area contributed by atoms with Crippen LogP contribution >= 0.6 is 0 Å². The zero-order valence-corrected chi connectivity index (χ0v) is 8.39. The lowest BCUT2D eigenvalue weighted by Crippen LogP contribution is -2.46. The molecule has 0 radical (unpaired) electrons. The van der Waals surface area contributed by atoms with Crippen molar-refractivity contribution in [1.29, 1.82) is 0 Å². The van der Waals surface area contributed by atoms with Crippen molar-refractivity contribution in [3.05, 3.63) is 0 Å². The van der Waals surface area contributed by atoms with E-state index in [1.807, 2.05) is 4.90 Å². The van der Waals surface area contributed by atoms with Gasteiger partial charge >= 0.3 is 5.97 Å². The van der Waals surface area contributed by atoms with Gasteiger partial charge in [-0.25, -0.2) is 4.79 Å². The van der Waals surface area contributed by atoms with Crippen LogP contribution in [0.4, 0.5) is 0 Å². The maximum absolute atomic E-state index is 10.8. The third-order valence-electron chi connectivity index (χ3n) is 2.47. The van der Waals surface area contributed by atoms with E-state index in [0.29, 0.717) is 19.8 Å². The third kappa shape index (κ3) is 2.45. The van der Waals surface area contributed by atoms with Gasteiger partial charge in [-0.3, -0.25) is 4.99 Å². The summed E-state index contributed by atoms with van der Waals surface area (Å²) < 4.78 is 10.4. The highest BCUT2D eigenvalue weighted by atomic mass is 16.5. The van der Waals surface area contributed by atoms with Gasteiger partial charge in [-0.2, -0.15) is 0 Å². The Morgan fingerprint density at radius 2 is 2.13 bits per heavy atom. The van der Waals surface area contributed by atoms with E-state index in [9.17, 15) is 4.79 Å². The molecule has 1 fully saturated rings. The molecule has 0 amide bonds. The molecule has 2 aliphatic heterocycles. The number of carboxylic acid groups (broad SMARTS) is 1. The Bertz CT molecular complexity index is 273.